The Morgan fingerprint density at radius 3 is 3.23 bits per heavy atom. The van der Waals surface area contributed by atoms with E-state index in [1.807, 2.05) is 6.20 Å². The first-order valence-corrected chi connectivity index (χ1v) is 4.97. The first-order valence-electron chi connectivity index (χ1n) is 4.97. The Bertz CT molecular complexity index is 277. The highest BCUT2D eigenvalue weighted by atomic mass is 14.9. The lowest BCUT2D eigenvalue weighted by Gasteiger charge is -2.07. The second kappa shape index (κ2) is 3.88. The van der Waals surface area contributed by atoms with Gasteiger partial charge in [0.1, 0.15) is 0 Å². The van der Waals surface area contributed by atoms with E-state index in [0.29, 0.717) is 0 Å². The second-order valence-corrected chi connectivity index (χ2v) is 3.89. The van der Waals surface area contributed by atoms with Crippen LogP contribution in [0.15, 0.2) is 18.3 Å². The summed E-state index contributed by atoms with van der Waals surface area (Å²) in [5.74, 6) is 0.800. The molecule has 2 rings (SSSR count). The molecular formula is C11H16N2. The van der Waals surface area contributed by atoms with Crippen molar-refractivity contribution >= 4 is 0 Å². The summed E-state index contributed by atoms with van der Waals surface area (Å²) in [5, 5.41) is 3.38. The molecule has 0 radical (unpaired) electrons. The van der Waals surface area contributed by atoms with Crippen LogP contribution in [0.25, 0.3) is 0 Å². The van der Waals surface area contributed by atoms with E-state index in [0.717, 1.165) is 18.9 Å². The lowest BCUT2D eigenvalue weighted by Crippen LogP contribution is -2.11. The van der Waals surface area contributed by atoms with Gasteiger partial charge in [0.15, 0.2) is 0 Å². The average Bonchev–Trinajstić information content (AvgIpc) is 2.57. The predicted molar refractivity (Wildman–Crippen MR) is 53.7 cm³/mol. The number of hydrogen-bond donors (Lipinski definition) is 1. The zero-order valence-corrected chi connectivity index (χ0v) is 8.09. The summed E-state index contributed by atoms with van der Waals surface area (Å²) >= 11 is 0. The van der Waals surface area contributed by atoms with Crippen molar-refractivity contribution in [2.24, 2.45) is 5.92 Å². The van der Waals surface area contributed by atoms with Crippen LogP contribution in [0.3, 0.4) is 0 Å². The molecule has 1 fully saturated rings. The third-order valence-corrected chi connectivity index (χ3v) is 2.63. The van der Waals surface area contributed by atoms with Crippen molar-refractivity contribution in [1.29, 1.82) is 0 Å². The summed E-state index contributed by atoms with van der Waals surface area (Å²) in [6.07, 6.45) is 4.34. The van der Waals surface area contributed by atoms with E-state index in [4.69, 9.17) is 0 Å². The van der Waals surface area contributed by atoms with Crippen LogP contribution in [0, 0.1) is 12.8 Å². The third kappa shape index (κ3) is 2.28. The van der Waals surface area contributed by atoms with Crippen LogP contribution in [-0.4, -0.2) is 18.1 Å². The van der Waals surface area contributed by atoms with Gasteiger partial charge in [0.2, 0.25) is 0 Å². The number of hydrogen-bond acceptors (Lipinski definition) is 2. The third-order valence-electron chi connectivity index (χ3n) is 2.63. The molecule has 1 atom stereocenters. The van der Waals surface area contributed by atoms with E-state index in [9.17, 15) is 0 Å². The number of rotatable bonds is 2. The number of pyridine rings is 1. The largest absolute Gasteiger partial charge is 0.316 e. The summed E-state index contributed by atoms with van der Waals surface area (Å²) in [5.41, 5.74) is 2.56. The second-order valence-electron chi connectivity index (χ2n) is 3.89. The zero-order valence-electron chi connectivity index (χ0n) is 8.09. The van der Waals surface area contributed by atoms with Gasteiger partial charge < -0.3 is 5.32 Å². The molecule has 2 heteroatoms. The molecular weight excluding hydrogens is 160 g/mol. The van der Waals surface area contributed by atoms with Crippen molar-refractivity contribution in [2.75, 3.05) is 13.1 Å². The SMILES string of the molecule is Cc1ccnc(CC2CCNC2)c1. The number of nitrogens with one attached hydrogen (secondary N) is 1. The number of aromatic nitrogens is 1. The first-order chi connectivity index (χ1) is 6.34. The lowest BCUT2D eigenvalue weighted by molar-refractivity contribution is 0.571. The van der Waals surface area contributed by atoms with Crippen molar-refractivity contribution in [3.63, 3.8) is 0 Å². The maximum absolute atomic E-state index is 4.38. The molecule has 1 unspecified atom stereocenters. The number of nitrogens with zero attached hydrogens (tertiary/aromatic N) is 1. The molecule has 1 aromatic rings. The topological polar surface area (TPSA) is 24.9 Å². The minimum absolute atomic E-state index is 0.800. The molecule has 1 N–H and O–H groups in total. The van der Waals surface area contributed by atoms with Gasteiger partial charge in [-0.15, -0.1) is 0 Å². The van der Waals surface area contributed by atoms with Crippen LogP contribution < -0.4 is 5.32 Å². The van der Waals surface area contributed by atoms with Gasteiger partial charge in [0.25, 0.3) is 0 Å². The van der Waals surface area contributed by atoms with E-state index in [-0.39, 0.29) is 0 Å². The Morgan fingerprint density at radius 1 is 1.62 bits per heavy atom. The standard InChI is InChI=1S/C11H16N2/c1-9-2-5-13-11(6-9)7-10-3-4-12-8-10/h2,5-6,10,12H,3-4,7-8H2,1H3. The van der Waals surface area contributed by atoms with Crippen molar-refractivity contribution < 1.29 is 0 Å². The van der Waals surface area contributed by atoms with Crippen molar-refractivity contribution in [2.45, 2.75) is 19.8 Å². The van der Waals surface area contributed by atoms with Gasteiger partial charge in [-0.3, -0.25) is 4.98 Å². The lowest BCUT2D eigenvalue weighted by atomic mass is 10.0. The fourth-order valence-corrected chi connectivity index (χ4v) is 1.89. The predicted octanol–water partition coefficient (Wildman–Crippen LogP) is 1.54. The number of aryl methyl sites for hydroxylation is 1. The van der Waals surface area contributed by atoms with Gasteiger partial charge in [0, 0.05) is 11.9 Å². The maximum atomic E-state index is 4.38. The molecule has 13 heavy (non-hydrogen) atoms. The van der Waals surface area contributed by atoms with Gasteiger partial charge in [-0.2, -0.15) is 0 Å². The van der Waals surface area contributed by atoms with Gasteiger partial charge >= 0.3 is 0 Å². The Kier molecular flexibility index (Phi) is 2.60. The van der Waals surface area contributed by atoms with E-state index in [2.05, 4.69) is 29.4 Å². The van der Waals surface area contributed by atoms with Crippen LogP contribution >= 0.6 is 0 Å². The average molecular weight is 176 g/mol. The Labute approximate surface area is 79.4 Å². The van der Waals surface area contributed by atoms with E-state index in [1.54, 1.807) is 0 Å². The first kappa shape index (κ1) is 8.70. The molecule has 0 bridgehead atoms. The van der Waals surface area contributed by atoms with Crippen LogP contribution in [0.2, 0.25) is 0 Å². The van der Waals surface area contributed by atoms with E-state index >= 15 is 0 Å². The molecule has 1 aromatic heterocycles. The van der Waals surface area contributed by atoms with Gasteiger partial charge in [-0.05, 0) is 56.5 Å². The minimum atomic E-state index is 0.800. The highest BCUT2D eigenvalue weighted by Crippen LogP contribution is 2.13. The molecule has 1 aliphatic heterocycles. The Morgan fingerprint density at radius 2 is 2.54 bits per heavy atom. The molecule has 0 aromatic carbocycles. The van der Waals surface area contributed by atoms with Crippen molar-refractivity contribution in [3.05, 3.63) is 29.6 Å². The molecule has 1 saturated heterocycles. The molecule has 70 valence electrons. The monoisotopic (exact) mass is 176 g/mol. The quantitative estimate of drug-likeness (QED) is 0.739. The Balaban J connectivity index is 2.00. The summed E-state index contributed by atoms with van der Waals surface area (Å²) in [6, 6.07) is 4.24. The molecule has 0 amide bonds. The molecule has 2 heterocycles. The minimum Gasteiger partial charge on any atom is -0.316 e. The summed E-state index contributed by atoms with van der Waals surface area (Å²) in [6.45, 7) is 4.46. The van der Waals surface area contributed by atoms with E-state index < -0.39 is 0 Å². The summed E-state index contributed by atoms with van der Waals surface area (Å²) < 4.78 is 0. The smallest absolute Gasteiger partial charge is 0.0409 e. The maximum Gasteiger partial charge on any atom is 0.0409 e. The highest BCUT2D eigenvalue weighted by Gasteiger charge is 2.14. The normalized spacial score (nSPS) is 22.1. The fourth-order valence-electron chi connectivity index (χ4n) is 1.89. The van der Waals surface area contributed by atoms with E-state index in [1.165, 1.54) is 24.2 Å². The zero-order chi connectivity index (χ0) is 9.10. The van der Waals surface area contributed by atoms with Crippen molar-refractivity contribution in [1.82, 2.24) is 10.3 Å². The highest BCUT2D eigenvalue weighted by molar-refractivity contribution is 5.14. The van der Waals surface area contributed by atoms with Gasteiger partial charge in [-0.1, -0.05) is 0 Å². The molecule has 0 saturated carbocycles. The summed E-state index contributed by atoms with van der Waals surface area (Å²) in [7, 11) is 0. The summed E-state index contributed by atoms with van der Waals surface area (Å²) in [4.78, 5) is 4.38. The molecule has 0 aliphatic carbocycles. The molecule has 2 nitrogen and oxygen atoms in total. The Hall–Kier alpha value is -0.890. The van der Waals surface area contributed by atoms with Gasteiger partial charge in [-0.25, -0.2) is 0 Å². The van der Waals surface area contributed by atoms with Crippen LogP contribution in [-0.2, 0) is 6.42 Å². The fraction of sp³-hybridized carbons (Fsp3) is 0.545. The van der Waals surface area contributed by atoms with Crippen LogP contribution in [0.5, 0.6) is 0 Å². The van der Waals surface area contributed by atoms with Crippen molar-refractivity contribution in [3.8, 4) is 0 Å². The van der Waals surface area contributed by atoms with Crippen LogP contribution in [0.1, 0.15) is 17.7 Å². The van der Waals surface area contributed by atoms with Crippen LogP contribution in [0.4, 0.5) is 0 Å². The molecule has 1 aliphatic rings. The van der Waals surface area contributed by atoms with Gasteiger partial charge in [0.05, 0.1) is 0 Å². The molecule has 0 spiro atoms.